The van der Waals surface area contributed by atoms with E-state index in [4.69, 9.17) is 9.84 Å². The van der Waals surface area contributed by atoms with Crippen molar-refractivity contribution in [3.8, 4) is 5.75 Å². The molecule has 1 aromatic carbocycles. The molecule has 2 rings (SSSR count). The zero-order valence-electron chi connectivity index (χ0n) is 14.7. The highest BCUT2D eigenvalue weighted by atomic mass is 16.5. The van der Waals surface area contributed by atoms with E-state index in [0.717, 1.165) is 24.2 Å². The number of nitrogens with one attached hydrogen (secondary N) is 1. The van der Waals surface area contributed by atoms with Gasteiger partial charge in [-0.15, -0.1) is 0 Å². The summed E-state index contributed by atoms with van der Waals surface area (Å²) in [5, 5.41) is 15.9. The first-order valence-corrected chi connectivity index (χ1v) is 8.10. The fourth-order valence-electron chi connectivity index (χ4n) is 2.62. The van der Waals surface area contributed by atoms with Crippen LogP contribution in [0.5, 0.6) is 5.75 Å². The predicted octanol–water partition coefficient (Wildman–Crippen LogP) is 1.86. The van der Waals surface area contributed by atoms with Gasteiger partial charge in [0.05, 0.1) is 5.69 Å². The quantitative estimate of drug-likeness (QED) is 0.712. The lowest BCUT2D eigenvalue weighted by atomic mass is 10.1. The van der Waals surface area contributed by atoms with E-state index in [2.05, 4.69) is 10.4 Å². The third-order valence-corrected chi connectivity index (χ3v) is 4.01. The highest BCUT2D eigenvalue weighted by molar-refractivity contribution is 5.94. The number of carboxylic acids is 1. The Hall–Kier alpha value is -2.83. The Morgan fingerprint density at radius 3 is 2.72 bits per heavy atom. The highest BCUT2D eigenvalue weighted by Gasteiger charge is 2.10. The molecule has 0 atom stereocenters. The number of carbonyl (C=O) groups is 2. The molecule has 0 aliphatic carbocycles. The number of aromatic nitrogens is 2. The summed E-state index contributed by atoms with van der Waals surface area (Å²) < 4.78 is 6.95. The van der Waals surface area contributed by atoms with Crippen LogP contribution in [-0.4, -0.2) is 39.9 Å². The van der Waals surface area contributed by atoms with Crippen LogP contribution < -0.4 is 10.1 Å². The number of rotatable bonds is 8. The van der Waals surface area contributed by atoms with Crippen molar-refractivity contribution >= 4 is 11.9 Å². The van der Waals surface area contributed by atoms with Crippen LogP contribution in [0.4, 0.5) is 0 Å². The van der Waals surface area contributed by atoms with Gasteiger partial charge in [0.25, 0.3) is 5.91 Å². The van der Waals surface area contributed by atoms with E-state index in [1.165, 1.54) is 11.6 Å². The van der Waals surface area contributed by atoms with Crippen LogP contribution in [0.25, 0.3) is 0 Å². The standard InChI is InChI=1S/C18H23N3O4/c1-12-16(13(2)21(3)20-12)8-5-9-19-18(24)14-6-4-7-15(10-14)25-11-17(22)23/h4,6-7,10H,5,8-9,11H2,1-3H3,(H,19,24)(H,22,23). The lowest BCUT2D eigenvalue weighted by Crippen LogP contribution is -2.24. The molecule has 0 saturated carbocycles. The summed E-state index contributed by atoms with van der Waals surface area (Å²) in [6.07, 6.45) is 1.67. The summed E-state index contributed by atoms with van der Waals surface area (Å²) >= 11 is 0. The molecule has 1 amide bonds. The molecule has 0 unspecified atom stereocenters. The number of ether oxygens (including phenoxy) is 1. The Kier molecular flexibility index (Phi) is 6.16. The number of amides is 1. The normalized spacial score (nSPS) is 10.5. The Bertz CT molecular complexity index is 768. The molecule has 0 saturated heterocycles. The lowest BCUT2D eigenvalue weighted by Gasteiger charge is -2.08. The van der Waals surface area contributed by atoms with E-state index in [1.54, 1.807) is 18.2 Å². The number of hydrogen-bond donors (Lipinski definition) is 2. The molecule has 0 spiro atoms. The van der Waals surface area contributed by atoms with Crippen LogP contribution in [0.15, 0.2) is 24.3 Å². The fraction of sp³-hybridized carbons (Fsp3) is 0.389. The largest absolute Gasteiger partial charge is 0.482 e. The van der Waals surface area contributed by atoms with Crippen molar-refractivity contribution in [2.75, 3.05) is 13.2 Å². The van der Waals surface area contributed by atoms with Crippen molar-refractivity contribution in [3.63, 3.8) is 0 Å². The second-order valence-electron chi connectivity index (χ2n) is 5.84. The molecule has 0 fully saturated rings. The van der Waals surface area contributed by atoms with Gasteiger partial charge >= 0.3 is 5.97 Å². The third-order valence-electron chi connectivity index (χ3n) is 4.01. The summed E-state index contributed by atoms with van der Waals surface area (Å²) in [4.78, 5) is 22.7. The van der Waals surface area contributed by atoms with Gasteiger partial charge in [0, 0.05) is 24.8 Å². The summed E-state index contributed by atoms with van der Waals surface area (Å²) in [7, 11) is 1.92. The van der Waals surface area contributed by atoms with E-state index >= 15 is 0 Å². The lowest BCUT2D eigenvalue weighted by molar-refractivity contribution is -0.139. The third kappa shape index (κ3) is 5.07. The molecule has 1 aromatic heterocycles. The maximum Gasteiger partial charge on any atom is 0.341 e. The first-order chi connectivity index (χ1) is 11.9. The number of benzene rings is 1. The molecule has 7 heteroatoms. The molecule has 2 aromatic rings. The number of aliphatic carboxylic acids is 1. The number of hydrogen-bond acceptors (Lipinski definition) is 4. The zero-order chi connectivity index (χ0) is 18.4. The summed E-state index contributed by atoms with van der Waals surface area (Å²) in [6.45, 7) is 4.14. The van der Waals surface area contributed by atoms with Gasteiger partial charge in [0.2, 0.25) is 0 Å². The number of carboxylic acid groups (broad SMARTS) is 1. The average molecular weight is 345 g/mol. The van der Waals surface area contributed by atoms with Crippen LogP contribution in [0.3, 0.4) is 0 Å². The van der Waals surface area contributed by atoms with Gasteiger partial charge in [0.1, 0.15) is 5.75 Å². The fourth-order valence-corrected chi connectivity index (χ4v) is 2.62. The molecule has 2 N–H and O–H groups in total. The van der Waals surface area contributed by atoms with Crippen molar-refractivity contribution in [3.05, 3.63) is 46.8 Å². The molecule has 1 heterocycles. The molecule has 0 aliphatic heterocycles. The van der Waals surface area contributed by atoms with Crippen LogP contribution in [0.1, 0.15) is 33.7 Å². The van der Waals surface area contributed by atoms with Gasteiger partial charge in [-0.1, -0.05) is 6.07 Å². The van der Waals surface area contributed by atoms with Crippen molar-refractivity contribution in [1.82, 2.24) is 15.1 Å². The molecule has 0 bridgehead atoms. The number of nitrogens with zero attached hydrogens (tertiary/aromatic N) is 2. The van der Waals surface area contributed by atoms with Gasteiger partial charge in [-0.25, -0.2) is 4.79 Å². The Labute approximate surface area is 146 Å². The van der Waals surface area contributed by atoms with Crippen molar-refractivity contribution in [1.29, 1.82) is 0 Å². The Balaban J connectivity index is 1.84. The first-order valence-electron chi connectivity index (χ1n) is 8.10. The zero-order valence-corrected chi connectivity index (χ0v) is 14.7. The smallest absolute Gasteiger partial charge is 0.341 e. The molecular weight excluding hydrogens is 322 g/mol. The minimum absolute atomic E-state index is 0.208. The van der Waals surface area contributed by atoms with Crippen LogP contribution >= 0.6 is 0 Å². The second-order valence-corrected chi connectivity index (χ2v) is 5.84. The van der Waals surface area contributed by atoms with Crippen molar-refractivity contribution < 1.29 is 19.4 Å². The van der Waals surface area contributed by atoms with Gasteiger partial charge in [-0.2, -0.15) is 5.10 Å². The SMILES string of the molecule is Cc1nn(C)c(C)c1CCCNC(=O)c1cccc(OCC(=O)O)c1. The van der Waals surface area contributed by atoms with Crippen LogP contribution in [-0.2, 0) is 18.3 Å². The van der Waals surface area contributed by atoms with E-state index in [1.807, 2.05) is 25.6 Å². The summed E-state index contributed by atoms with van der Waals surface area (Å²) in [5.41, 5.74) is 3.83. The maximum atomic E-state index is 12.2. The maximum absolute atomic E-state index is 12.2. The van der Waals surface area contributed by atoms with Crippen LogP contribution in [0, 0.1) is 13.8 Å². The van der Waals surface area contributed by atoms with Gasteiger partial charge in [-0.05, 0) is 50.5 Å². The summed E-state index contributed by atoms with van der Waals surface area (Å²) in [5.74, 6) is -0.909. The number of carbonyl (C=O) groups excluding carboxylic acids is 1. The minimum Gasteiger partial charge on any atom is -0.482 e. The highest BCUT2D eigenvalue weighted by Crippen LogP contribution is 2.15. The molecular formula is C18H23N3O4. The molecule has 25 heavy (non-hydrogen) atoms. The number of aryl methyl sites for hydroxylation is 2. The van der Waals surface area contributed by atoms with Gasteiger partial charge < -0.3 is 15.2 Å². The van der Waals surface area contributed by atoms with Crippen molar-refractivity contribution in [2.24, 2.45) is 7.05 Å². The van der Waals surface area contributed by atoms with Gasteiger partial charge in [0.15, 0.2) is 6.61 Å². The average Bonchev–Trinajstić information content (AvgIpc) is 2.82. The van der Waals surface area contributed by atoms with Crippen LogP contribution in [0.2, 0.25) is 0 Å². The molecule has 7 nitrogen and oxygen atoms in total. The van der Waals surface area contributed by atoms with Crippen molar-refractivity contribution in [2.45, 2.75) is 26.7 Å². The summed E-state index contributed by atoms with van der Waals surface area (Å²) in [6, 6.07) is 6.48. The van der Waals surface area contributed by atoms with E-state index in [9.17, 15) is 9.59 Å². The van der Waals surface area contributed by atoms with E-state index in [0.29, 0.717) is 17.9 Å². The predicted molar refractivity (Wildman–Crippen MR) is 92.9 cm³/mol. The Morgan fingerprint density at radius 1 is 1.32 bits per heavy atom. The van der Waals surface area contributed by atoms with E-state index < -0.39 is 12.6 Å². The topological polar surface area (TPSA) is 93.5 Å². The monoisotopic (exact) mass is 345 g/mol. The second kappa shape index (κ2) is 8.32. The minimum atomic E-state index is -1.06. The van der Waals surface area contributed by atoms with Gasteiger partial charge in [-0.3, -0.25) is 9.48 Å². The Morgan fingerprint density at radius 2 is 2.08 bits per heavy atom. The molecule has 0 radical (unpaired) electrons. The molecule has 0 aliphatic rings. The van der Waals surface area contributed by atoms with E-state index in [-0.39, 0.29) is 5.91 Å². The first kappa shape index (κ1) is 18.5. The molecule has 134 valence electrons.